The lowest BCUT2D eigenvalue weighted by molar-refractivity contribution is -0.167. The first-order valence-electron chi connectivity index (χ1n) is 23.1. The van der Waals surface area contributed by atoms with E-state index in [1.54, 1.807) is 0 Å². The Labute approximate surface area is 339 Å². The van der Waals surface area contributed by atoms with Crippen molar-refractivity contribution in [1.82, 2.24) is 0 Å². The van der Waals surface area contributed by atoms with E-state index >= 15 is 0 Å². The van der Waals surface area contributed by atoms with E-state index in [0.29, 0.717) is 19.3 Å². The van der Waals surface area contributed by atoms with Crippen molar-refractivity contribution in [1.29, 1.82) is 0 Å². The van der Waals surface area contributed by atoms with Crippen LogP contribution in [0.4, 0.5) is 0 Å². The molecule has 0 aliphatic heterocycles. The third-order valence-corrected chi connectivity index (χ3v) is 9.81. The molecule has 0 heterocycles. The molecule has 0 aromatic rings. The summed E-state index contributed by atoms with van der Waals surface area (Å²) in [7, 11) is 0. The van der Waals surface area contributed by atoms with Crippen molar-refractivity contribution in [3.63, 3.8) is 0 Å². The first kappa shape index (κ1) is 52.4. The standard InChI is InChI=1S/C49H86O6/c1-4-7-10-13-16-19-21-23-25-27-28-30-33-36-39-42-48(51)54-45-46(44-53-47(50)41-38-35-32-18-15-12-9-6-3)55-49(52)43-40-37-34-31-29-26-24-22-20-17-14-11-8-5-2/h14,16-17,19,22-25,46H,4-13,15,18,20-21,26-45H2,1-3H3/b17-14-,19-16-,24-22-,25-23-. The third-order valence-electron chi connectivity index (χ3n) is 9.81. The van der Waals surface area contributed by atoms with Gasteiger partial charge in [0.25, 0.3) is 0 Å². The number of rotatable bonds is 41. The van der Waals surface area contributed by atoms with Crippen LogP contribution in [0.1, 0.15) is 226 Å². The van der Waals surface area contributed by atoms with Crippen molar-refractivity contribution in [3.05, 3.63) is 48.6 Å². The van der Waals surface area contributed by atoms with Gasteiger partial charge >= 0.3 is 17.9 Å². The average molecular weight is 771 g/mol. The molecule has 0 spiro atoms. The van der Waals surface area contributed by atoms with Gasteiger partial charge in [-0.25, -0.2) is 0 Å². The molecule has 0 fully saturated rings. The van der Waals surface area contributed by atoms with E-state index in [1.807, 2.05) is 0 Å². The average Bonchev–Trinajstić information content (AvgIpc) is 3.18. The Morgan fingerprint density at radius 2 is 0.673 bits per heavy atom. The zero-order valence-electron chi connectivity index (χ0n) is 36.2. The molecular weight excluding hydrogens is 685 g/mol. The minimum absolute atomic E-state index is 0.0827. The van der Waals surface area contributed by atoms with E-state index < -0.39 is 6.10 Å². The zero-order valence-corrected chi connectivity index (χ0v) is 36.2. The maximum Gasteiger partial charge on any atom is 0.306 e. The highest BCUT2D eigenvalue weighted by atomic mass is 16.6. The Hall–Kier alpha value is -2.63. The summed E-state index contributed by atoms with van der Waals surface area (Å²) in [6.07, 6.45) is 50.9. The van der Waals surface area contributed by atoms with Gasteiger partial charge in [-0.05, 0) is 77.0 Å². The van der Waals surface area contributed by atoms with E-state index in [0.717, 1.165) is 103 Å². The van der Waals surface area contributed by atoms with Crippen molar-refractivity contribution in [3.8, 4) is 0 Å². The monoisotopic (exact) mass is 771 g/mol. The van der Waals surface area contributed by atoms with Gasteiger partial charge in [0.15, 0.2) is 6.10 Å². The number of allylic oxidation sites excluding steroid dienone is 8. The van der Waals surface area contributed by atoms with Crippen LogP contribution < -0.4 is 0 Å². The maximum absolute atomic E-state index is 12.7. The first-order chi connectivity index (χ1) is 27.0. The van der Waals surface area contributed by atoms with Crippen LogP contribution in [-0.4, -0.2) is 37.2 Å². The molecule has 0 radical (unpaired) electrons. The molecule has 0 rings (SSSR count). The minimum atomic E-state index is -0.781. The summed E-state index contributed by atoms with van der Waals surface area (Å²) in [5.41, 5.74) is 0. The van der Waals surface area contributed by atoms with Gasteiger partial charge in [-0.2, -0.15) is 0 Å². The molecule has 0 aliphatic carbocycles. The molecule has 318 valence electrons. The lowest BCUT2D eigenvalue weighted by Gasteiger charge is -2.18. The van der Waals surface area contributed by atoms with Crippen LogP contribution in [0.5, 0.6) is 0 Å². The van der Waals surface area contributed by atoms with Gasteiger partial charge in [-0.1, -0.05) is 179 Å². The number of unbranched alkanes of at least 4 members (excludes halogenated alkanes) is 22. The molecule has 6 nitrogen and oxygen atoms in total. The number of hydrogen-bond donors (Lipinski definition) is 0. The number of ether oxygens (including phenoxy) is 3. The van der Waals surface area contributed by atoms with Gasteiger partial charge < -0.3 is 14.2 Å². The number of hydrogen-bond acceptors (Lipinski definition) is 6. The molecule has 6 heteroatoms. The largest absolute Gasteiger partial charge is 0.462 e. The second-order valence-electron chi connectivity index (χ2n) is 15.3. The molecule has 0 aliphatic rings. The van der Waals surface area contributed by atoms with Crippen LogP contribution >= 0.6 is 0 Å². The molecule has 0 saturated carbocycles. The Balaban J connectivity index is 4.38. The normalized spacial score (nSPS) is 12.4. The lowest BCUT2D eigenvalue weighted by Crippen LogP contribution is -2.30. The van der Waals surface area contributed by atoms with Crippen molar-refractivity contribution in [2.45, 2.75) is 232 Å². The Morgan fingerprint density at radius 3 is 1.09 bits per heavy atom. The van der Waals surface area contributed by atoms with Crippen LogP contribution in [0.2, 0.25) is 0 Å². The van der Waals surface area contributed by atoms with E-state index in [1.165, 1.54) is 83.5 Å². The smallest absolute Gasteiger partial charge is 0.306 e. The van der Waals surface area contributed by atoms with Gasteiger partial charge in [0.2, 0.25) is 0 Å². The van der Waals surface area contributed by atoms with Crippen molar-refractivity contribution >= 4 is 17.9 Å². The quantitative estimate of drug-likeness (QED) is 0.0267. The van der Waals surface area contributed by atoms with Crippen LogP contribution in [0.15, 0.2) is 48.6 Å². The van der Waals surface area contributed by atoms with Gasteiger partial charge in [0.05, 0.1) is 0 Å². The molecule has 55 heavy (non-hydrogen) atoms. The summed E-state index contributed by atoms with van der Waals surface area (Å²) in [5.74, 6) is -0.916. The van der Waals surface area contributed by atoms with Crippen LogP contribution in [-0.2, 0) is 28.6 Å². The summed E-state index contributed by atoms with van der Waals surface area (Å²) in [4.78, 5) is 37.7. The van der Waals surface area contributed by atoms with Crippen LogP contribution in [0.25, 0.3) is 0 Å². The van der Waals surface area contributed by atoms with Gasteiger partial charge in [-0.3, -0.25) is 14.4 Å². The highest BCUT2D eigenvalue weighted by molar-refractivity contribution is 5.71. The Morgan fingerprint density at radius 1 is 0.364 bits per heavy atom. The van der Waals surface area contributed by atoms with Crippen molar-refractivity contribution in [2.24, 2.45) is 0 Å². The highest BCUT2D eigenvalue weighted by Crippen LogP contribution is 2.13. The molecule has 0 bridgehead atoms. The minimum Gasteiger partial charge on any atom is -0.462 e. The van der Waals surface area contributed by atoms with Crippen LogP contribution in [0.3, 0.4) is 0 Å². The Kier molecular flexibility index (Phi) is 42.0. The fourth-order valence-electron chi connectivity index (χ4n) is 6.25. The highest BCUT2D eigenvalue weighted by Gasteiger charge is 2.19. The number of carbonyl (C=O) groups excluding carboxylic acids is 3. The fraction of sp³-hybridized carbons (Fsp3) is 0.776. The summed E-state index contributed by atoms with van der Waals surface area (Å²) < 4.78 is 16.7. The van der Waals surface area contributed by atoms with Crippen LogP contribution in [0, 0.1) is 0 Å². The molecular formula is C49H86O6. The first-order valence-corrected chi connectivity index (χ1v) is 23.1. The summed E-state index contributed by atoms with van der Waals surface area (Å²) in [6, 6.07) is 0. The molecule has 0 amide bonds. The summed E-state index contributed by atoms with van der Waals surface area (Å²) in [6.45, 7) is 6.51. The fourth-order valence-corrected chi connectivity index (χ4v) is 6.25. The number of carbonyl (C=O) groups is 3. The predicted octanol–water partition coefficient (Wildman–Crippen LogP) is 14.8. The SMILES string of the molecule is CCCC/C=C\C/C=C\CCCCCCCC(=O)OC(COC(=O)CCCCCCC/C=C\C/C=C\CCCCC)COC(=O)CCCCCCCCCC. The molecule has 0 saturated heterocycles. The predicted molar refractivity (Wildman–Crippen MR) is 233 cm³/mol. The third kappa shape index (κ3) is 42.4. The maximum atomic E-state index is 12.7. The molecule has 1 atom stereocenters. The van der Waals surface area contributed by atoms with E-state index in [4.69, 9.17) is 14.2 Å². The van der Waals surface area contributed by atoms with Crippen molar-refractivity contribution < 1.29 is 28.6 Å². The summed E-state index contributed by atoms with van der Waals surface area (Å²) >= 11 is 0. The van der Waals surface area contributed by atoms with Crippen molar-refractivity contribution in [2.75, 3.05) is 13.2 Å². The Bertz CT molecular complexity index is 980. The van der Waals surface area contributed by atoms with Gasteiger partial charge in [0, 0.05) is 19.3 Å². The van der Waals surface area contributed by atoms with E-state index in [-0.39, 0.29) is 31.1 Å². The van der Waals surface area contributed by atoms with Gasteiger partial charge in [-0.15, -0.1) is 0 Å². The topological polar surface area (TPSA) is 78.9 Å². The second-order valence-corrected chi connectivity index (χ2v) is 15.3. The summed E-state index contributed by atoms with van der Waals surface area (Å²) in [5, 5.41) is 0. The van der Waals surface area contributed by atoms with E-state index in [9.17, 15) is 14.4 Å². The zero-order chi connectivity index (χ0) is 40.1. The molecule has 0 aromatic carbocycles. The molecule has 1 unspecified atom stereocenters. The molecule has 0 aromatic heterocycles. The molecule has 0 N–H and O–H groups in total. The van der Waals surface area contributed by atoms with Gasteiger partial charge in [0.1, 0.15) is 13.2 Å². The number of esters is 3. The van der Waals surface area contributed by atoms with E-state index in [2.05, 4.69) is 69.4 Å². The second kappa shape index (κ2) is 44.1. The lowest BCUT2D eigenvalue weighted by atomic mass is 10.1.